The van der Waals surface area contributed by atoms with E-state index in [1.165, 1.54) is 0 Å². The van der Waals surface area contributed by atoms with Crippen LogP contribution in [0.2, 0.25) is 0 Å². The van der Waals surface area contributed by atoms with Crippen LogP contribution in [-0.2, 0) is 0 Å². The van der Waals surface area contributed by atoms with Gasteiger partial charge in [-0.3, -0.25) is 9.97 Å². The maximum Gasteiger partial charge on any atom is 0.159 e. The lowest BCUT2D eigenvalue weighted by Crippen LogP contribution is -2.03. The van der Waals surface area contributed by atoms with Gasteiger partial charge in [0.2, 0.25) is 0 Å². The molecule has 8 heteroatoms. The predicted octanol–water partition coefficient (Wildman–Crippen LogP) is 8.11. The summed E-state index contributed by atoms with van der Waals surface area (Å²) in [5.74, 6) is 1.32. The van der Waals surface area contributed by atoms with Crippen molar-refractivity contribution in [1.29, 1.82) is 0 Å². The van der Waals surface area contributed by atoms with Crippen LogP contribution in [0, 0.1) is 0 Å². The average molecular weight is 583 g/mol. The monoisotopic (exact) mass is 582 g/mol. The molecule has 6 aromatic heterocycles. The molecule has 0 fully saturated rings. The lowest BCUT2D eigenvalue weighted by molar-refractivity contribution is 1.04. The topological polar surface area (TPSA) is 87.2 Å². The second-order valence-corrected chi connectivity index (χ2v) is 10.5. The molecule has 0 aliphatic heterocycles. The quantitative estimate of drug-likeness (QED) is 0.197. The zero-order valence-electron chi connectivity index (χ0n) is 24.4. The first kappa shape index (κ1) is 26.4. The molecule has 0 atom stereocenters. The summed E-state index contributed by atoms with van der Waals surface area (Å²) in [6, 6.07) is 23.9. The number of aromatic nitrogens is 8. The van der Waals surface area contributed by atoms with Gasteiger partial charge in [0, 0.05) is 34.5 Å². The highest BCUT2D eigenvalue weighted by Gasteiger charge is 2.24. The maximum absolute atomic E-state index is 4.98. The third-order valence-electron chi connectivity index (χ3n) is 7.92. The Kier molecular flexibility index (Phi) is 6.31. The fraction of sp³-hybridized carbons (Fsp3) is 0.0270. The van der Waals surface area contributed by atoms with Crippen LogP contribution >= 0.6 is 0 Å². The van der Waals surface area contributed by atoms with Crippen molar-refractivity contribution in [2.24, 2.45) is 0 Å². The van der Waals surface area contributed by atoms with Crippen molar-refractivity contribution in [1.82, 2.24) is 39.0 Å². The minimum Gasteiger partial charge on any atom is -0.304 e. The molecule has 0 unspecified atom stereocenters. The Morgan fingerprint density at radius 1 is 0.600 bits per heavy atom. The Balaban J connectivity index is 1.45. The van der Waals surface area contributed by atoms with Crippen molar-refractivity contribution in [3.05, 3.63) is 134 Å². The first-order chi connectivity index (χ1) is 22.3. The molecule has 0 aliphatic rings. The van der Waals surface area contributed by atoms with Crippen LogP contribution in [0.15, 0.2) is 123 Å². The summed E-state index contributed by atoms with van der Waals surface area (Å²) in [6.07, 6.45) is 17.1. The predicted molar refractivity (Wildman–Crippen MR) is 180 cm³/mol. The van der Waals surface area contributed by atoms with Gasteiger partial charge in [-0.25, -0.2) is 19.9 Å². The van der Waals surface area contributed by atoms with Crippen LogP contribution in [0.4, 0.5) is 0 Å². The van der Waals surface area contributed by atoms with Gasteiger partial charge in [-0.1, -0.05) is 79.4 Å². The number of hydrogen-bond donors (Lipinski definition) is 0. The molecule has 45 heavy (non-hydrogen) atoms. The Bertz CT molecular complexity index is 2370. The summed E-state index contributed by atoms with van der Waals surface area (Å²) in [4.78, 5) is 28.8. The molecule has 0 radical (unpaired) electrons. The zero-order chi connectivity index (χ0) is 30.3. The molecular weight excluding hydrogens is 556 g/mol. The van der Waals surface area contributed by atoms with Gasteiger partial charge in [0.1, 0.15) is 11.0 Å². The maximum atomic E-state index is 4.98. The van der Waals surface area contributed by atoms with Crippen LogP contribution < -0.4 is 0 Å². The summed E-state index contributed by atoms with van der Waals surface area (Å²) in [6.45, 7) is 6.19. The first-order valence-electron chi connectivity index (χ1n) is 14.6. The molecule has 214 valence electrons. The van der Waals surface area contributed by atoms with Crippen LogP contribution in [0.3, 0.4) is 0 Å². The Morgan fingerprint density at radius 2 is 1.20 bits per heavy atom. The fourth-order valence-corrected chi connectivity index (χ4v) is 5.98. The van der Waals surface area contributed by atoms with Crippen molar-refractivity contribution in [3.63, 3.8) is 0 Å². The molecular formula is C37H26N8. The number of fused-ring (bicyclic) bond motifs is 5. The van der Waals surface area contributed by atoms with E-state index in [0.29, 0.717) is 11.6 Å². The Hall–Kier alpha value is -6.28. The molecule has 6 heterocycles. The zero-order valence-corrected chi connectivity index (χ0v) is 24.4. The van der Waals surface area contributed by atoms with E-state index < -0.39 is 0 Å². The molecule has 2 aromatic carbocycles. The molecule has 8 aromatic rings. The van der Waals surface area contributed by atoms with Crippen molar-refractivity contribution in [2.75, 3.05) is 0 Å². The molecule has 8 rings (SSSR count). The van der Waals surface area contributed by atoms with Crippen LogP contribution in [0.25, 0.3) is 79.3 Å². The van der Waals surface area contributed by atoms with Gasteiger partial charge >= 0.3 is 0 Å². The third kappa shape index (κ3) is 4.23. The van der Waals surface area contributed by atoms with Gasteiger partial charge < -0.3 is 9.13 Å². The normalized spacial score (nSPS) is 11.7. The SMILES string of the molecule is C=Cc1c(/C=C\C)n(-c2cnc(-c3ccccc3)nc2)c2c1cnc1c3ncccc3n(-c3cnc(-c4ccccc4)nc3)c12. The van der Waals surface area contributed by atoms with E-state index in [1.54, 1.807) is 6.20 Å². The number of nitrogens with zero attached hydrogens (tertiary/aromatic N) is 8. The smallest absolute Gasteiger partial charge is 0.159 e. The highest BCUT2D eigenvalue weighted by atomic mass is 15.1. The minimum atomic E-state index is 0.657. The van der Waals surface area contributed by atoms with Gasteiger partial charge in [-0.2, -0.15) is 0 Å². The first-order valence-corrected chi connectivity index (χ1v) is 14.6. The lowest BCUT2D eigenvalue weighted by atomic mass is 10.1. The van der Waals surface area contributed by atoms with E-state index >= 15 is 0 Å². The van der Waals surface area contributed by atoms with Crippen molar-refractivity contribution >= 4 is 45.1 Å². The number of rotatable bonds is 6. The number of pyridine rings is 2. The number of hydrogen-bond acceptors (Lipinski definition) is 6. The molecule has 0 spiro atoms. The molecule has 0 saturated heterocycles. The molecule has 8 nitrogen and oxygen atoms in total. The molecule has 0 saturated carbocycles. The van der Waals surface area contributed by atoms with E-state index in [4.69, 9.17) is 29.9 Å². The summed E-state index contributed by atoms with van der Waals surface area (Å²) < 4.78 is 4.32. The summed E-state index contributed by atoms with van der Waals surface area (Å²) in [5.41, 5.74) is 9.72. The van der Waals surface area contributed by atoms with E-state index in [-0.39, 0.29) is 0 Å². The largest absolute Gasteiger partial charge is 0.304 e. The molecule has 0 bridgehead atoms. The van der Waals surface area contributed by atoms with Gasteiger partial charge in [0.15, 0.2) is 11.6 Å². The van der Waals surface area contributed by atoms with E-state index in [9.17, 15) is 0 Å². The van der Waals surface area contributed by atoms with Gasteiger partial charge in [-0.05, 0) is 25.1 Å². The Labute approximate surface area is 258 Å². The van der Waals surface area contributed by atoms with Crippen molar-refractivity contribution < 1.29 is 0 Å². The van der Waals surface area contributed by atoms with Crippen LogP contribution in [0.5, 0.6) is 0 Å². The summed E-state index contributed by atoms with van der Waals surface area (Å²) >= 11 is 0. The number of benzene rings is 2. The van der Waals surface area contributed by atoms with E-state index in [2.05, 4.69) is 21.8 Å². The highest BCUT2D eigenvalue weighted by Crippen LogP contribution is 2.39. The lowest BCUT2D eigenvalue weighted by Gasteiger charge is -2.12. The highest BCUT2D eigenvalue weighted by molar-refractivity contribution is 6.16. The Morgan fingerprint density at radius 3 is 1.78 bits per heavy atom. The molecule has 0 aliphatic carbocycles. The fourth-order valence-electron chi connectivity index (χ4n) is 5.98. The molecule has 0 amide bonds. The van der Waals surface area contributed by atoms with E-state index in [1.807, 2.05) is 123 Å². The van der Waals surface area contributed by atoms with E-state index in [0.717, 1.165) is 66.7 Å². The second-order valence-electron chi connectivity index (χ2n) is 10.5. The standard InChI is InChI=1S/C37H26N8/c1-3-12-30-28(4-2)29-23-39-33-32-31(17-11-18-38-32)45(27-21-42-37(43-22-27)25-15-9-6-10-16-25)35(33)34(29)44(30)26-19-40-36(41-20-26)24-13-7-5-8-14-24/h3-23H,2H2,1H3/b12-3-. The van der Waals surface area contributed by atoms with Crippen molar-refractivity contribution in [2.45, 2.75) is 6.92 Å². The van der Waals surface area contributed by atoms with Gasteiger partial charge in [-0.15, -0.1) is 0 Å². The third-order valence-corrected chi connectivity index (χ3v) is 7.92. The van der Waals surface area contributed by atoms with Gasteiger partial charge in [0.25, 0.3) is 0 Å². The van der Waals surface area contributed by atoms with Crippen LogP contribution in [0.1, 0.15) is 18.2 Å². The summed E-state index contributed by atoms with van der Waals surface area (Å²) in [5, 5.41) is 0.948. The summed E-state index contributed by atoms with van der Waals surface area (Å²) in [7, 11) is 0. The van der Waals surface area contributed by atoms with Gasteiger partial charge in [0.05, 0.1) is 58.4 Å². The average Bonchev–Trinajstić information content (AvgIpc) is 3.61. The van der Waals surface area contributed by atoms with Crippen molar-refractivity contribution in [3.8, 4) is 34.2 Å². The number of allylic oxidation sites excluding steroid dienone is 1. The molecule has 0 N–H and O–H groups in total. The minimum absolute atomic E-state index is 0.657. The second kappa shape index (κ2) is 10.8. The van der Waals surface area contributed by atoms with Crippen LogP contribution in [-0.4, -0.2) is 39.0 Å².